The highest BCUT2D eigenvalue weighted by Gasteiger charge is 2.55. The van der Waals surface area contributed by atoms with Crippen molar-refractivity contribution in [1.82, 2.24) is 0 Å². The van der Waals surface area contributed by atoms with E-state index in [2.05, 4.69) is 39.8 Å². The molecule has 1 heterocycles. The minimum Gasteiger partial charge on any atom is -0.468 e. The minimum atomic E-state index is -0.334. The number of ether oxygens (including phenoxy) is 2. The maximum atomic E-state index is 6.39. The van der Waals surface area contributed by atoms with Gasteiger partial charge in [-0.1, -0.05) is 6.42 Å². The summed E-state index contributed by atoms with van der Waals surface area (Å²) in [4.78, 5) is 0. The number of hydrogen-bond donors (Lipinski definition) is 0. The lowest BCUT2D eigenvalue weighted by Crippen LogP contribution is -2.43. The van der Waals surface area contributed by atoms with E-state index in [1.807, 2.05) is 0 Å². The van der Waals surface area contributed by atoms with Gasteiger partial charge in [0.2, 0.25) is 0 Å². The highest BCUT2D eigenvalue weighted by Crippen LogP contribution is 2.53. The molecule has 4 rings (SSSR count). The Labute approximate surface area is 151 Å². The van der Waals surface area contributed by atoms with Crippen molar-refractivity contribution in [2.45, 2.75) is 76.4 Å². The van der Waals surface area contributed by atoms with E-state index in [9.17, 15) is 0 Å². The maximum Gasteiger partial charge on any atom is 0.495 e. The van der Waals surface area contributed by atoms with Crippen LogP contribution in [0.5, 0.6) is 5.75 Å². The standard InChI is InChI=1S/C20H29BO4/c1-18(2)19(3,4)25-21(24-18)16-12-15(23-13-22-5)11-14-7-10-20(17(14)16)8-6-9-20/h11-12H,6-10,13H2,1-5H3. The van der Waals surface area contributed by atoms with Gasteiger partial charge >= 0.3 is 7.12 Å². The number of benzene rings is 1. The van der Waals surface area contributed by atoms with Gasteiger partial charge < -0.3 is 18.8 Å². The predicted molar refractivity (Wildman–Crippen MR) is 98.5 cm³/mol. The molecule has 136 valence electrons. The SMILES string of the molecule is COCOc1cc2c(c(B3OC(C)(C)C(C)(C)O3)c1)C1(CCC1)CC2. The zero-order valence-electron chi connectivity index (χ0n) is 16.1. The van der Waals surface area contributed by atoms with E-state index >= 15 is 0 Å². The molecule has 1 saturated heterocycles. The number of hydrogen-bond acceptors (Lipinski definition) is 4. The van der Waals surface area contributed by atoms with E-state index in [-0.39, 0.29) is 25.1 Å². The predicted octanol–water partition coefficient (Wildman–Crippen LogP) is 3.34. The fraction of sp³-hybridized carbons (Fsp3) is 0.700. The first kappa shape index (κ1) is 17.4. The van der Waals surface area contributed by atoms with Crippen LogP contribution in [0.4, 0.5) is 0 Å². The quantitative estimate of drug-likeness (QED) is 0.620. The van der Waals surface area contributed by atoms with Crippen molar-refractivity contribution in [1.29, 1.82) is 0 Å². The van der Waals surface area contributed by atoms with Crippen LogP contribution in [-0.2, 0) is 25.9 Å². The Bertz CT molecular complexity index is 663. The topological polar surface area (TPSA) is 36.9 Å². The van der Waals surface area contributed by atoms with E-state index in [1.54, 1.807) is 7.11 Å². The van der Waals surface area contributed by atoms with Gasteiger partial charge in [0.25, 0.3) is 0 Å². The molecular formula is C20H29BO4. The molecule has 0 radical (unpaired) electrons. The lowest BCUT2D eigenvalue weighted by atomic mass is 9.60. The van der Waals surface area contributed by atoms with Crippen LogP contribution < -0.4 is 10.2 Å². The second kappa shape index (κ2) is 5.73. The van der Waals surface area contributed by atoms with Gasteiger partial charge in [0.05, 0.1) is 11.2 Å². The molecule has 2 fully saturated rings. The number of fused-ring (bicyclic) bond motifs is 2. The van der Waals surface area contributed by atoms with Crippen molar-refractivity contribution in [3.8, 4) is 5.75 Å². The first-order valence-electron chi connectivity index (χ1n) is 9.43. The van der Waals surface area contributed by atoms with Gasteiger partial charge in [-0.15, -0.1) is 0 Å². The Morgan fingerprint density at radius 2 is 1.72 bits per heavy atom. The number of methoxy groups -OCH3 is 1. The van der Waals surface area contributed by atoms with Crippen molar-refractivity contribution in [2.24, 2.45) is 0 Å². The summed E-state index contributed by atoms with van der Waals surface area (Å²) < 4.78 is 23.6. The van der Waals surface area contributed by atoms with Crippen LogP contribution in [-0.4, -0.2) is 32.2 Å². The van der Waals surface area contributed by atoms with Gasteiger partial charge in [0.1, 0.15) is 5.75 Å². The van der Waals surface area contributed by atoms with Gasteiger partial charge in [-0.2, -0.15) is 0 Å². The van der Waals surface area contributed by atoms with Crippen LogP contribution in [0.15, 0.2) is 12.1 Å². The fourth-order valence-corrected chi connectivity index (χ4v) is 4.51. The molecule has 0 atom stereocenters. The number of rotatable bonds is 4. The summed E-state index contributed by atoms with van der Waals surface area (Å²) in [7, 11) is 1.31. The molecule has 1 saturated carbocycles. The third-order valence-corrected chi connectivity index (χ3v) is 6.79. The Morgan fingerprint density at radius 3 is 2.28 bits per heavy atom. The van der Waals surface area contributed by atoms with Gasteiger partial charge in [-0.25, -0.2) is 0 Å². The third kappa shape index (κ3) is 2.63. The van der Waals surface area contributed by atoms with E-state index in [0.29, 0.717) is 5.41 Å². The van der Waals surface area contributed by atoms with E-state index < -0.39 is 0 Å². The van der Waals surface area contributed by atoms with Crippen molar-refractivity contribution < 1.29 is 18.8 Å². The van der Waals surface area contributed by atoms with Crippen LogP contribution >= 0.6 is 0 Å². The zero-order valence-corrected chi connectivity index (χ0v) is 16.1. The lowest BCUT2D eigenvalue weighted by Gasteiger charge is -2.41. The molecule has 0 bridgehead atoms. The molecule has 0 amide bonds. The Kier molecular flexibility index (Phi) is 3.99. The summed E-state index contributed by atoms with van der Waals surface area (Å²) in [5, 5.41) is 0. The summed E-state index contributed by atoms with van der Waals surface area (Å²) in [5.74, 6) is 0.849. The molecule has 1 aromatic carbocycles. The molecular weight excluding hydrogens is 315 g/mol. The largest absolute Gasteiger partial charge is 0.495 e. The summed E-state index contributed by atoms with van der Waals surface area (Å²) in [6.07, 6.45) is 6.24. The first-order chi connectivity index (χ1) is 11.8. The second-order valence-electron chi connectivity index (χ2n) is 8.82. The van der Waals surface area contributed by atoms with Gasteiger partial charge in [-0.05, 0) is 87.5 Å². The van der Waals surface area contributed by atoms with Crippen LogP contribution in [0.25, 0.3) is 0 Å². The summed E-state index contributed by atoms with van der Waals surface area (Å²) in [5.41, 5.74) is 3.71. The average molecular weight is 344 g/mol. The average Bonchev–Trinajstić information content (AvgIpc) is 2.99. The summed E-state index contributed by atoms with van der Waals surface area (Å²) in [6.45, 7) is 8.69. The molecule has 0 N–H and O–H groups in total. The Hall–Kier alpha value is -1.04. The zero-order chi connectivity index (χ0) is 17.9. The Balaban J connectivity index is 1.77. The molecule has 1 spiro atoms. The lowest BCUT2D eigenvalue weighted by molar-refractivity contribution is 0.00578. The summed E-state index contributed by atoms with van der Waals surface area (Å²) >= 11 is 0. The summed E-state index contributed by atoms with van der Waals surface area (Å²) in [6, 6.07) is 4.31. The van der Waals surface area contributed by atoms with Crippen LogP contribution in [0.2, 0.25) is 0 Å². The van der Waals surface area contributed by atoms with Crippen LogP contribution in [0.3, 0.4) is 0 Å². The monoisotopic (exact) mass is 344 g/mol. The van der Waals surface area contributed by atoms with Gasteiger partial charge in [0, 0.05) is 7.11 Å². The molecule has 3 aliphatic rings. The third-order valence-electron chi connectivity index (χ3n) is 6.79. The van der Waals surface area contributed by atoms with Gasteiger partial charge in [-0.3, -0.25) is 0 Å². The van der Waals surface area contributed by atoms with E-state index in [4.69, 9.17) is 18.8 Å². The minimum absolute atomic E-state index is 0.257. The molecule has 5 heteroatoms. The van der Waals surface area contributed by atoms with Crippen molar-refractivity contribution in [3.05, 3.63) is 23.3 Å². The molecule has 1 aliphatic heterocycles. The van der Waals surface area contributed by atoms with Gasteiger partial charge in [0.15, 0.2) is 6.79 Å². The van der Waals surface area contributed by atoms with Crippen molar-refractivity contribution >= 4 is 12.6 Å². The highest BCUT2D eigenvalue weighted by atomic mass is 16.7. The van der Waals surface area contributed by atoms with E-state index in [0.717, 1.165) is 12.2 Å². The molecule has 25 heavy (non-hydrogen) atoms. The Morgan fingerprint density at radius 1 is 1.04 bits per heavy atom. The maximum absolute atomic E-state index is 6.39. The fourth-order valence-electron chi connectivity index (χ4n) is 4.51. The smallest absolute Gasteiger partial charge is 0.468 e. The normalized spacial score (nSPS) is 25.1. The molecule has 0 unspecified atom stereocenters. The molecule has 4 nitrogen and oxygen atoms in total. The molecule has 1 aromatic rings. The first-order valence-corrected chi connectivity index (χ1v) is 9.43. The highest BCUT2D eigenvalue weighted by molar-refractivity contribution is 6.63. The van der Waals surface area contributed by atoms with Crippen LogP contribution in [0, 0.1) is 0 Å². The van der Waals surface area contributed by atoms with Crippen molar-refractivity contribution in [2.75, 3.05) is 13.9 Å². The second-order valence-corrected chi connectivity index (χ2v) is 8.82. The number of aryl methyl sites for hydroxylation is 1. The van der Waals surface area contributed by atoms with Crippen LogP contribution in [0.1, 0.15) is 64.5 Å². The molecule has 2 aliphatic carbocycles. The molecule has 0 aromatic heterocycles. The van der Waals surface area contributed by atoms with Crippen molar-refractivity contribution in [3.63, 3.8) is 0 Å². The van der Waals surface area contributed by atoms with E-state index in [1.165, 1.54) is 42.3 Å².